The van der Waals surface area contributed by atoms with Gasteiger partial charge in [0.1, 0.15) is 17.8 Å². The highest BCUT2D eigenvalue weighted by molar-refractivity contribution is 6.01. The first-order valence-electron chi connectivity index (χ1n) is 10.2. The summed E-state index contributed by atoms with van der Waals surface area (Å²) in [7, 11) is 0. The Labute approximate surface area is 175 Å². The quantitative estimate of drug-likeness (QED) is 0.501. The van der Waals surface area contributed by atoms with Gasteiger partial charge in [0, 0.05) is 47.7 Å². The SMILES string of the molecule is C=C(/C=C/CC)N1CC(n2cc(-c3cnc4ccccc4c3)c3c(N)ncnc32)C1. The van der Waals surface area contributed by atoms with Crippen LogP contribution in [0.5, 0.6) is 0 Å². The first kappa shape index (κ1) is 18.4. The molecule has 4 heterocycles. The van der Waals surface area contributed by atoms with Crippen LogP contribution in [0.4, 0.5) is 5.82 Å². The third kappa shape index (κ3) is 3.01. The van der Waals surface area contributed by atoms with E-state index < -0.39 is 0 Å². The molecule has 150 valence electrons. The van der Waals surface area contributed by atoms with E-state index in [9.17, 15) is 0 Å². The van der Waals surface area contributed by atoms with Crippen molar-refractivity contribution in [3.8, 4) is 11.1 Å². The van der Waals surface area contributed by atoms with E-state index in [1.807, 2.05) is 24.4 Å². The summed E-state index contributed by atoms with van der Waals surface area (Å²) < 4.78 is 2.23. The van der Waals surface area contributed by atoms with E-state index in [2.05, 4.69) is 68.4 Å². The van der Waals surface area contributed by atoms with E-state index in [4.69, 9.17) is 5.73 Å². The Kier molecular flexibility index (Phi) is 4.47. The topological polar surface area (TPSA) is 72.9 Å². The molecular formula is C24H24N6. The molecule has 0 atom stereocenters. The minimum Gasteiger partial charge on any atom is -0.383 e. The largest absolute Gasteiger partial charge is 0.383 e. The molecular weight excluding hydrogens is 372 g/mol. The summed E-state index contributed by atoms with van der Waals surface area (Å²) in [6.45, 7) is 8.10. The summed E-state index contributed by atoms with van der Waals surface area (Å²) in [5.41, 5.74) is 11.2. The first-order valence-corrected chi connectivity index (χ1v) is 10.2. The smallest absolute Gasteiger partial charge is 0.146 e. The van der Waals surface area contributed by atoms with Gasteiger partial charge in [-0.25, -0.2) is 9.97 Å². The second-order valence-corrected chi connectivity index (χ2v) is 7.69. The molecule has 1 aromatic carbocycles. The molecule has 4 aromatic rings. The molecule has 3 aromatic heterocycles. The number of fused-ring (bicyclic) bond motifs is 2. The van der Waals surface area contributed by atoms with E-state index in [0.717, 1.165) is 58.3 Å². The van der Waals surface area contributed by atoms with Crippen molar-refractivity contribution in [2.75, 3.05) is 18.8 Å². The second-order valence-electron chi connectivity index (χ2n) is 7.69. The van der Waals surface area contributed by atoms with Gasteiger partial charge >= 0.3 is 0 Å². The van der Waals surface area contributed by atoms with Gasteiger partial charge in [0.25, 0.3) is 0 Å². The molecule has 2 N–H and O–H groups in total. The standard InChI is InChI=1S/C24H24N6/c1-3-4-7-16(2)29-12-19(13-29)30-14-20(22-23(25)27-15-28-24(22)30)18-10-17-8-5-6-9-21(17)26-11-18/h4-11,14-15,19H,2-3,12-13H2,1H3,(H2,25,27,28)/b7-4+. The van der Waals surface area contributed by atoms with Crippen molar-refractivity contribution in [2.45, 2.75) is 19.4 Å². The predicted molar refractivity (Wildman–Crippen MR) is 122 cm³/mol. The number of anilines is 1. The fourth-order valence-electron chi connectivity index (χ4n) is 4.05. The van der Waals surface area contributed by atoms with Crippen LogP contribution in [-0.4, -0.2) is 37.5 Å². The van der Waals surface area contributed by atoms with Crippen molar-refractivity contribution in [2.24, 2.45) is 0 Å². The summed E-state index contributed by atoms with van der Waals surface area (Å²) in [6, 6.07) is 10.6. The van der Waals surface area contributed by atoms with Gasteiger partial charge in [0.2, 0.25) is 0 Å². The predicted octanol–water partition coefficient (Wildman–Crippen LogP) is 4.57. The van der Waals surface area contributed by atoms with E-state index in [1.165, 1.54) is 6.33 Å². The number of nitrogen functional groups attached to an aromatic ring is 1. The summed E-state index contributed by atoms with van der Waals surface area (Å²) in [6.07, 6.45) is 10.8. The Morgan fingerprint density at radius 3 is 2.90 bits per heavy atom. The molecule has 6 nitrogen and oxygen atoms in total. The molecule has 30 heavy (non-hydrogen) atoms. The number of nitrogens with two attached hydrogens (primary N) is 1. The van der Waals surface area contributed by atoms with Gasteiger partial charge in [-0.2, -0.15) is 0 Å². The average Bonchev–Trinajstić information content (AvgIpc) is 3.11. The highest BCUT2D eigenvalue weighted by Gasteiger charge is 2.30. The summed E-state index contributed by atoms with van der Waals surface area (Å²) in [4.78, 5) is 15.7. The fourth-order valence-corrected chi connectivity index (χ4v) is 4.05. The number of benzene rings is 1. The average molecular weight is 396 g/mol. The molecule has 0 amide bonds. The highest BCUT2D eigenvalue weighted by atomic mass is 15.3. The minimum atomic E-state index is 0.316. The monoisotopic (exact) mass is 396 g/mol. The Balaban J connectivity index is 1.54. The van der Waals surface area contributed by atoms with E-state index in [1.54, 1.807) is 0 Å². The van der Waals surface area contributed by atoms with Gasteiger partial charge in [-0.1, -0.05) is 37.8 Å². The van der Waals surface area contributed by atoms with Gasteiger partial charge in [-0.15, -0.1) is 0 Å². The zero-order valence-corrected chi connectivity index (χ0v) is 17.0. The van der Waals surface area contributed by atoms with Crippen LogP contribution in [0.3, 0.4) is 0 Å². The number of allylic oxidation sites excluding steroid dienone is 2. The van der Waals surface area contributed by atoms with Gasteiger partial charge in [0.15, 0.2) is 0 Å². The van der Waals surface area contributed by atoms with E-state index in [0.29, 0.717) is 11.9 Å². The number of hydrogen-bond acceptors (Lipinski definition) is 5. The summed E-state index contributed by atoms with van der Waals surface area (Å²) in [5, 5.41) is 1.98. The molecule has 1 aliphatic rings. The van der Waals surface area contributed by atoms with Crippen molar-refractivity contribution >= 4 is 27.8 Å². The number of hydrogen-bond donors (Lipinski definition) is 1. The first-order chi connectivity index (χ1) is 14.7. The van der Waals surface area contributed by atoms with Crippen LogP contribution in [-0.2, 0) is 0 Å². The highest BCUT2D eigenvalue weighted by Crippen LogP contribution is 2.37. The minimum absolute atomic E-state index is 0.316. The molecule has 0 aliphatic carbocycles. The summed E-state index contributed by atoms with van der Waals surface area (Å²) in [5.74, 6) is 0.494. The van der Waals surface area contributed by atoms with Crippen molar-refractivity contribution in [3.05, 3.63) is 73.5 Å². The molecule has 5 rings (SSSR count). The Morgan fingerprint density at radius 2 is 2.07 bits per heavy atom. The maximum atomic E-state index is 6.29. The van der Waals surface area contributed by atoms with E-state index in [-0.39, 0.29) is 0 Å². The van der Waals surface area contributed by atoms with E-state index >= 15 is 0 Å². The Hall–Kier alpha value is -3.67. The maximum absolute atomic E-state index is 6.29. The Bertz CT molecular complexity index is 1280. The van der Waals surface area contributed by atoms with Crippen LogP contribution in [0.15, 0.2) is 73.5 Å². The van der Waals surface area contributed by atoms with Crippen molar-refractivity contribution in [1.82, 2.24) is 24.4 Å². The third-order valence-corrected chi connectivity index (χ3v) is 5.75. The Morgan fingerprint density at radius 1 is 1.23 bits per heavy atom. The molecule has 0 unspecified atom stereocenters. The third-order valence-electron chi connectivity index (χ3n) is 5.75. The maximum Gasteiger partial charge on any atom is 0.146 e. The molecule has 0 spiro atoms. The number of rotatable bonds is 5. The van der Waals surface area contributed by atoms with Crippen molar-refractivity contribution < 1.29 is 0 Å². The van der Waals surface area contributed by atoms with Crippen LogP contribution < -0.4 is 5.73 Å². The fraction of sp³-hybridized carbons (Fsp3) is 0.208. The molecule has 6 heteroatoms. The van der Waals surface area contributed by atoms with Gasteiger partial charge in [0.05, 0.1) is 16.9 Å². The van der Waals surface area contributed by atoms with Crippen LogP contribution in [0.2, 0.25) is 0 Å². The van der Waals surface area contributed by atoms with Crippen molar-refractivity contribution in [3.63, 3.8) is 0 Å². The molecule has 0 bridgehead atoms. The van der Waals surface area contributed by atoms with Crippen LogP contribution in [0.1, 0.15) is 19.4 Å². The number of pyridine rings is 1. The lowest BCUT2D eigenvalue weighted by Crippen LogP contribution is -2.46. The van der Waals surface area contributed by atoms with Crippen LogP contribution >= 0.6 is 0 Å². The van der Waals surface area contributed by atoms with Crippen molar-refractivity contribution in [1.29, 1.82) is 0 Å². The van der Waals surface area contributed by atoms with Crippen LogP contribution in [0, 0.1) is 0 Å². The van der Waals surface area contributed by atoms with Gasteiger partial charge in [-0.3, -0.25) is 4.98 Å². The van der Waals surface area contributed by atoms with Gasteiger partial charge in [-0.05, 0) is 24.6 Å². The lowest BCUT2D eigenvalue weighted by atomic mass is 10.1. The number of nitrogens with zero attached hydrogens (tertiary/aromatic N) is 5. The van der Waals surface area contributed by atoms with Crippen LogP contribution in [0.25, 0.3) is 33.1 Å². The molecule has 0 saturated carbocycles. The number of para-hydroxylation sites is 1. The molecule has 1 saturated heterocycles. The zero-order valence-electron chi connectivity index (χ0n) is 17.0. The zero-order chi connectivity index (χ0) is 20.7. The molecule has 1 fully saturated rings. The molecule has 0 radical (unpaired) electrons. The van der Waals surface area contributed by atoms with Gasteiger partial charge < -0.3 is 15.2 Å². The summed E-state index contributed by atoms with van der Waals surface area (Å²) >= 11 is 0. The number of aromatic nitrogens is 4. The second kappa shape index (κ2) is 7.30. The molecule has 1 aliphatic heterocycles. The number of likely N-dealkylation sites (tertiary alicyclic amines) is 1. The lowest BCUT2D eigenvalue weighted by Gasteiger charge is -2.42. The normalized spacial score (nSPS) is 14.6. The lowest BCUT2D eigenvalue weighted by molar-refractivity contribution is 0.158.